The molecule has 0 atom stereocenters. The molecule has 2 rings (SSSR count). The van der Waals surface area contributed by atoms with Gasteiger partial charge in [-0.1, -0.05) is 44.2 Å². The Bertz CT molecular complexity index is 682. The highest BCUT2D eigenvalue weighted by molar-refractivity contribution is 5.92. The van der Waals surface area contributed by atoms with E-state index in [0.29, 0.717) is 6.54 Å². The van der Waals surface area contributed by atoms with E-state index in [1.807, 2.05) is 18.2 Å². The van der Waals surface area contributed by atoms with Crippen molar-refractivity contribution in [1.29, 1.82) is 0 Å². The number of benzene rings is 1. The summed E-state index contributed by atoms with van der Waals surface area (Å²) in [4.78, 5) is 30.3. The van der Waals surface area contributed by atoms with Crippen LogP contribution in [-0.2, 0) is 6.42 Å². The van der Waals surface area contributed by atoms with E-state index >= 15 is 0 Å². The van der Waals surface area contributed by atoms with Crippen LogP contribution >= 0.6 is 0 Å². The molecule has 2 aromatic rings. The summed E-state index contributed by atoms with van der Waals surface area (Å²) in [5.41, 5.74) is 1.000. The Morgan fingerprint density at radius 2 is 1.70 bits per heavy atom. The molecule has 2 N–H and O–H groups in total. The van der Waals surface area contributed by atoms with Crippen molar-refractivity contribution in [2.45, 2.75) is 20.3 Å². The van der Waals surface area contributed by atoms with Gasteiger partial charge in [0.05, 0.1) is 12.4 Å². The summed E-state index contributed by atoms with van der Waals surface area (Å²) in [6.45, 7) is 4.61. The van der Waals surface area contributed by atoms with Crippen molar-refractivity contribution >= 4 is 11.9 Å². The SMILES string of the molecule is CC(C)(CNC(=O)c1cnc(C(=O)O)cn1)Cc1ccccc1. The Balaban J connectivity index is 1.93. The number of rotatable bonds is 6. The molecule has 0 bridgehead atoms. The lowest BCUT2D eigenvalue weighted by Crippen LogP contribution is -2.35. The minimum Gasteiger partial charge on any atom is -0.476 e. The third-order valence-electron chi connectivity index (χ3n) is 3.36. The van der Waals surface area contributed by atoms with Crippen molar-refractivity contribution < 1.29 is 14.7 Å². The van der Waals surface area contributed by atoms with Crippen LogP contribution in [0.1, 0.15) is 40.4 Å². The Hall–Kier alpha value is -2.76. The van der Waals surface area contributed by atoms with Gasteiger partial charge in [0.1, 0.15) is 5.69 Å². The second-order valence-corrected chi connectivity index (χ2v) is 6.10. The van der Waals surface area contributed by atoms with Crippen LogP contribution in [0.5, 0.6) is 0 Å². The van der Waals surface area contributed by atoms with E-state index in [-0.39, 0.29) is 22.7 Å². The molecule has 6 nitrogen and oxygen atoms in total. The number of carboxylic acid groups (broad SMARTS) is 1. The zero-order chi connectivity index (χ0) is 16.9. The fraction of sp³-hybridized carbons (Fsp3) is 0.294. The minimum absolute atomic E-state index is 0.102. The van der Waals surface area contributed by atoms with Gasteiger partial charge in [0.2, 0.25) is 0 Å². The average molecular weight is 313 g/mol. The molecule has 0 aliphatic heterocycles. The number of nitrogens with one attached hydrogen (secondary N) is 1. The number of aromatic nitrogens is 2. The van der Waals surface area contributed by atoms with E-state index in [0.717, 1.165) is 12.6 Å². The number of aromatic carboxylic acids is 1. The van der Waals surface area contributed by atoms with Gasteiger partial charge in [-0.2, -0.15) is 0 Å². The second-order valence-electron chi connectivity index (χ2n) is 6.10. The third-order valence-corrected chi connectivity index (χ3v) is 3.36. The first-order valence-corrected chi connectivity index (χ1v) is 7.25. The molecule has 1 heterocycles. The van der Waals surface area contributed by atoms with Gasteiger partial charge < -0.3 is 10.4 Å². The summed E-state index contributed by atoms with van der Waals surface area (Å²) in [6, 6.07) is 10.1. The Morgan fingerprint density at radius 1 is 1.09 bits per heavy atom. The first-order valence-electron chi connectivity index (χ1n) is 7.25. The van der Waals surface area contributed by atoms with Crippen LogP contribution in [0.3, 0.4) is 0 Å². The zero-order valence-electron chi connectivity index (χ0n) is 13.1. The molecule has 0 fully saturated rings. The molecule has 6 heteroatoms. The molecule has 0 radical (unpaired) electrons. The number of nitrogens with zero attached hydrogens (tertiary/aromatic N) is 2. The lowest BCUT2D eigenvalue weighted by atomic mass is 9.85. The highest BCUT2D eigenvalue weighted by Crippen LogP contribution is 2.20. The number of carbonyl (C=O) groups excluding carboxylic acids is 1. The number of amides is 1. The van der Waals surface area contributed by atoms with E-state index in [1.165, 1.54) is 11.8 Å². The van der Waals surface area contributed by atoms with Crippen molar-refractivity contribution in [3.8, 4) is 0 Å². The van der Waals surface area contributed by atoms with Crippen LogP contribution in [0.4, 0.5) is 0 Å². The van der Waals surface area contributed by atoms with E-state index in [2.05, 4.69) is 41.3 Å². The van der Waals surface area contributed by atoms with Gasteiger partial charge in [-0.15, -0.1) is 0 Å². The molecule has 0 aliphatic rings. The van der Waals surface area contributed by atoms with Crippen molar-refractivity contribution in [2.24, 2.45) is 5.41 Å². The smallest absolute Gasteiger partial charge is 0.356 e. The molecule has 0 spiro atoms. The lowest BCUT2D eigenvalue weighted by Gasteiger charge is -2.25. The number of carboxylic acids is 1. The molecule has 1 aromatic carbocycles. The average Bonchev–Trinajstić information content (AvgIpc) is 2.53. The Kier molecular flexibility index (Phi) is 5.05. The van der Waals surface area contributed by atoms with Crippen LogP contribution in [-0.4, -0.2) is 33.5 Å². The molecular formula is C17H19N3O3. The van der Waals surface area contributed by atoms with E-state index < -0.39 is 5.97 Å². The predicted molar refractivity (Wildman–Crippen MR) is 85.3 cm³/mol. The molecular weight excluding hydrogens is 294 g/mol. The summed E-state index contributed by atoms with van der Waals surface area (Å²) < 4.78 is 0. The van der Waals surface area contributed by atoms with Gasteiger partial charge in [0.25, 0.3) is 5.91 Å². The summed E-state index contributed by atoms with van der Waals surface area (Å²) in [7, 11) is 0. The van der Waals surface area contributed by atoms with E-state index in [1.54, 1.807) is 0 Å². The second kappa shape index (κ2) is 7.00. The first-order chi connectivity index (χ1) is 10.9. The van der Waals surface area contributed by atoms with Crippen LogP contribution in [0.25, 0.3) is 0 Å². The molecule has 0 saturated carbocycles. The zero-order valence-corrected chi connectivity index (χ0v) is 13.1. The summed E-state index contributed by atoms with van der Waals surface area (Å²) in [5.74, 6) is -1.54. The van der Waals surface area contributed by atoms with Gasteiger partial charge in [-0.05, 0) is 17.4 Å². The number of carbonyl (C=O) groups is 2. The maximum Gasteiger partial charge on any atom is 0.356 e. The largest absolute Gasteiger partial charge is 0.476 e. The predicted octanol–water partition coefficient (Wildman–Crippen LogP) is 2.17. The number of hydrogen-bond acceptors (Lipinski definition) is 4. The standard InChI is InChI=1S/C17H19N3O3/c1-17(2,8-12-6-4-3-5-7-12)11-20-15(21)13-9-19-14(10-18-13)16(22)23/h3-7,9-10H,8,11H2,1-2H3,(H,20,21)(H,22,23). The monoisotopic (exact) mass is 313 g/mol. The fourth-order valence-electron chi connectivity index (χ4n) is 2.18. The molecule has 0 saturated heterocycles. The van der Waals surface area contributed by atoms with Crippen molar-refractivity contribution in [3.63, 3.8) is 0 Å². The highest BCUT2D eigenvalue weighted by atomic mass is 16.4. The minimum atomic E-state index is -1.17. The summed E-state index contributed by atoms with van der Waals surface area (Å²) >= 11 is 0. The third kappa shape index (κ3) is 4.88. The van der Waals surface area contributed by atoms with Crippen molar-refractivity contribution in [1.82, 2.24) is 15.3 Å². The van der Waals surface area contributed by atoms with Crippen LogP contribution < -0.4 is 5.32 Å². The molecule has 120 valence electrons. The maximum atomic E-state index is 12.1. The highest BCUT2D eigenvalue weighted by Gasteiger charge is 2.20. The van der Waals surface area contributed by atoms with Crippen molar-refractivity contribution in [2.75, 3.05) is 6.54 Å². The topological polar surface area (TPSA) is 92.2 Å². The maximum absolute atomic E-state index is 12.1. The van der Waals surface area contributed by atoms with Crippen LogP contribution in [0.2, 0.25) is 0 Å². The lowest BCUT2D eigenvalue weighted by molar-refractivity contribution is 0.0689. The van der Waals surface area contributed by atoms with Gasteiger partial charge in [-0.3, -0.25) is 4.79 Å². The van der Waals surface area contributed by atoms with E-state index in [4.69, 9.17) is 5.11 Å². The molecule has 0 unspecified atom stereocenters. The molecule has 23 heavy (non-hydrogen) atoms. The van der Waals surface area contributed by atoms with Gasteiger partial charge >= 0.3 is 5.97 Å². The molecule has 1 amide bonds. The van der Waals surface area contributed by atoms with Gasteiger partial charge in [0.15, 0.2) is 5.69 Å². The van der Waals surface area contributed by atoms with Crippen LogP contribution in [0, 0.1) is 5.41 Å². The Morgan fingerprint density at radius 3 is 2.26 bits per heavy atom. The van der Waals surface area contributed by atoms with Gasteiger partial charge in [0, 0.05) is 6.54 Å². The fourth-order valence-corrected chi connectivity index (χ4v) is 2.18. The summed E-state index contributed by atoms with van der Waals surface area (Å²) in [5, 5.41) is 11.6. The first kappa shape index (κ1) is 16.6. The summed E-state index contributed by atoms with van der Waals surface area (Å²) in [6.07, 6.45) is 3.08. The normalized spacial score (nSPS) is 11.0. The van der Waals surface area contributed by atoms with Crippen molar-refractivity contribution in [3.05, 3.63) is 59.7 Å². The molecule has 0 aliphatic carbocycles. The van der Waals surface area contributed by atoms with Gasteiger partial charge in [-0.25, -0.2) is 14.8 Å². The number of hydrogen-bond donors (Lipinski definition) is 2. The van der Waals surface area contributed by atoms with Crippen LogP contribution in [0.15, 0.2) is 42.7 Å². The van der Waals surface area contributed by atoms with E-state index in [9.17, 15) is 9.59 Å². The quantitative estimate of drug-likeness (QED) is 0.852. The molecule has 1 aromatic heterocycles. The Labute approximate surface area is 134 Å².